The molecule has 0 saturated carbocycles. The lowest BCUT2D eigenvalue weighted by Crippen LogP contribution is -2.17. The van der Waals surface area contributed by atoms with Crippen LogP contribution in [0.4, 0.5) is 0 Å². The van der Waals surface area contributed by atoms with Crippen LogP contribution < -0.4 is 9.47 Å². The molecule has 0 aliphatic rings. The van der Waals surface area contributed by atoms with Gasteiger partial charge in [0.15, 0.2) is 0 Å². The molecule has 0 aliphatic carbocycles. The molecular formula is C18H26O5. The molecule has 0 aromatic heterocycles. The molecule has 0 saturated heterocycles. The zero-order chi connectivity index (χ0) is 16.9. The normalized spacial score (nSPS) is 10.2. The number of hydrogen-bond acceptors (Lipinski definition) is 5. The standard InChI is InChI=1S/C18H26O5/c1-3-5-12-22-15-9-8-10-16(14-15)23-13-7-6-11-17(19)18(20)21-4-2/h8-10,14H,3-7,11-13H2,1-2H3. The molecule has 0 bridgehead atoms. The first kappa shape index (κ1) is 19.0. The molecule has 0 fully saturated rings. The van der Waals surface area contributed by atoms with E-state index in [0.29, 0.717) is 26.1 Å². The molecule has 1 aromatic rings. The minimum atomic E-state index is -0.745. The predicted molar refractivity (Wildman–Crippen MR) is 87.8 cm³/mol. The molecule has 0 N–H and O–H groups in total. The number of carbonyl (C=O) groups excluding carboxylic acids is 2. The molecule has 1 rings (SSSR count). The van der Waals surface area contributed by atoms with Crippen molar-refractivity contribution in [3.63, 3.8) is 0 Å². The monoisotopic (exact) mass is 322 g/mol. The molecule has 5 heteroatoms. The number of rotatable bonds is 12. The van der Waals surface area contributed by atoms with Crippen molar-refractivity contribution in [2.75, 3.05) is 19.8 Å². The topological polar surface area (TPSA) is 61.8 Å². The van der Waals surface area contributed by atoms with E-state index in [0.717, 1.165) is 24.3 Å². The number of hydrogen-bond donors (Lipinski definition) is 0. The zero-order valence-corrected chi connectivity index (χ0v) is 14.0. The van der Waals surface area contributed by atoms with E-state index in [-0.39, 0.29) is 13.0 Å². The highest BCUT2D eigenvalue weighted by molar-refractivity contribution is 6.33. The summed E-state index contributed by atoms with van der Waals surface area (Å²) in [6.45, 7) is 5.23. The summed E-state index contributed by atoms with van der Waals surface area (Å²) in [5.74, 6) is 0.327. The highest BCUT2D eigenvalue weighted by Crippen LogP contribution is 2.20. The van der Waals surface area contributed by atoms with Gasteiger partial charge in [-0.05, 0) is 38.3 Å². The third kappa shape index (κ3) is 8.24. The average Bonchev–Trinajstić information content (AvgIpc) is 2.55. The van der Waals surface area contributed by atoms with Crippen LogP contribution in [0.1, 0.15) is 46.0 Å². The highest BCUT2D eigenvalue weighted by Gasteiger charge is 2.13. The van der Waals surface area contributed by atoms with E-state index in [2.05, 4.69) is 11.7 Å². The predicted octanol–water partition coefficient (Wildman–Crippen LogP) is 3.55. The van der Waals surface area contributed by atoms with Crippen LogP contribution in [0.2, 0.25) is 0 Å². The third-order valence-electron chi connectivity index (χ3n) is 3.14. The van der Waals surface area contributed by atoms with Crippen molar-refractivity contribution in [3.8, 4) is 11.5 Å². The summed E-state index contributed by atoms with van der Waals surface area (Å²) in [6.07, 6.45) is 3.62. The van der Waals surface area contributed by atoms with Gasteiger partial charge in [0.1, 0.15) is 11.5 Å². The summed E-state index contributed by atoms with van der Waals surface area (Å²) >= 11 is 0. The Hall–Kier alpha value is -2.04. The molecule has 1 aromatic carbocycles. The second-order valence-corrected chi connectivity index (χ2v) is 5.13. The van der Waals surface area contributed by atoms with Gasteiger partial charge in [-0.3, -0.25) is 4.79 Å². The molecule has 0 radical (unpaired) electrons. The first-order chi connectivity index (χ1) is 11.2. The molecule has 0 spiro atoms. The summed E-state index contributed by atoms with van der Waals surface area (Å²) in [4.78, 5) is 22.6. The number of esters is 1. The van der Waals surface area contributed by atoms with Crippen LogP contribution in [0.25, 0.3) is 0 Å². The lowest BCUT2D eigenvalue weighted by atomic mass is 10.2. The van der Waals surface area contributed by atoms with Crippen molar-refractivity contribution in [2.24, 2.45) is 0 Å². The number of ether oxygens (including phenoxy) is 3. The van der Waals surface area contributed by atoms with E-state index in [1.54, 1.807) is 6.92 Å². The Morgan fingerprint density at radius 3 is 2.22 bits per heavy atom. The highest BCUT2D eigenvalue weighted by atomic mass is 16.5. The summed E-state index contributed by atoms with van der Waals surface area (Å²) in [7, 11) is 0. The van der Waals surface area contributed by atoms with Crippen molar-refractivity contribution >= 4 is 11.8 Å². The number of benzene rings is 1. The molecule has 23 heavy (non-hydrogen) atoms. The summed E-state index contributed by atoms with van der Waals surface area (Å²) in [6, 6.07) is 7.53. The van der Waals surface area contributed by atoms with E-state index in [4.69, 9.17) is 9.47 Å². The van der Waals surface area contributed by atoms with Gasteiger partial charge >= 0.3 is 5.97 Å². The van der Waals surface area contributed by atoms with Crippen LogP contribution in [-0.2, 0) is 14.3 Å². The summed E-state index contributed by atoms with van der Waals surface area (Å²) < 4.78 is 15.9. The molecule has 0 amide bonds. The van der Waals surface area contributed by atoms with Gasteiger partial charge in [0, 0.05) is 12.5 Å². The average molecular weight is 322 g/mol. The largest absolute Gasteiger partial charge is 0.493 e. The molecule has 128 valence electrons. The van der Waals surface area contributed by atoms with E-state index < -0.39 is 11.8 Å². The molecule has 5 nitrogen and oxygen atoms in total. The lowest BCUT2D eigenvalue weighted by Gasteiger charge is -2.09. The molecular weight excluding hydrogens is 296 g/mol. The van der Waals surface area contributed by atoms with E-state index in [1.807, 2.05) is 24.3 Å². The number of ketones is 1. The SMILES string of the molecule is CCCCOc1cccc(OCCCCC(=O)C(=O)OCC)c1. The smallest absolute Gasteiger partial charge is 0.374 e. The van der Waals surface area contributed by atoms with Gasteiger partial charge in [-0.25, -0.2) is 4.79 Å². The third-order valence-corrected chi connectivity index (χ3v) is 3.14. The molecule has 0 atom stereocenters. The molecule has 0 unspecified atom stereocenters. The quantitative estimate of drug-likeness (QED) is 0.334. The van der Waals surface area contributed by atoms with Crippen LogP contribution in [0, 0.1) is 0 Å². The van der Waals surface area contributed by atoms with Gasteiger partial charge < -0.3 is 14.2 Å². The zero-order valence-electron chi connectivity index (χ0n) is 14.0. The number of unbranched alkanes of at least 4 members (excludes halogenated alkanes) is 2. The van der Waals surface area contributed by atoms with E-state index in [9.17, 15) is 9.59 Å². The van der Waals surface area contributed by atoms with Crippen LogP contribution in [-0.4, -0.2) is 31.6 Å². The Bertz CT molecular complexity index is 484. The molecule has 0 heterocycles. The van der Waals surface area contributed by atoms with Gasteiger partial charge in [0.05, 0.1) is 19.8 Å². The summed E-state index contributed by atoms with van der Waals surface area (Å²) in [5.41, 5.74) is 0. The van der Waals surface area contributed by atoms with Gasteiger partial charge in [0.25, 0.3) is 0 Å². The molecule has 0 aliphatic heterocycles. The first-order valence-electron chi connectivity index (χ1n) is 8.23. The Morgan fingerprint density at radius 2 is 1.61 bits per heavy atom. The van der Waals surface area contributed by atoms with Crippen molar-refractivity contribution in [2.45, 2.75) is 46.0 Å². The second-order valence-electron chi connectivity index (χ2n) is 5.13. The van der Waals surface area contributed by atoms with Crippen LogP contribution in [0.3, 0.4) is 0 Å². The van der Waals surface area contributed by atoms with Crippen molar-refractivity contribution in [1.29, 1.82) is 0 Å². The fourth-order valence-electron chi connectivity index (χ4n) is 1.88. The maximum atomic E-state index is 11.4. The van der Waals surface area contributed by atoms with Gasteiger partial charge in [0.2, 0.25) is 5.78 Å². The van der Waals surface area contributed by atoms with Gasteiger partial charge in [-0.2, -0.15) is 0 Å². The number of carbonyl (C=O) groups is 2. The van der Waals surface area contributed by atoms with Crippen molar-refractivity contribution < 1.29 is 23.8 Å². The second kappa shape index (κ2) is 11.5. The maximum absolute atomic E-state index is 11.4. The fourth-order valence-corrected chi connectivity index (χ4v) is 1.88. The van der Waals surface area contributed by atoms with E-state index in [1.165, 1.54) is 0 Å². The Balaban J connectivity index is 2.21. The minimum absolute atomic E-state index is 0.197. The Labute approximate surface area is 137 Å². The Kier molecular flexibility index (Phi) is 9.52. The first-order valence-corrected chi connectivity index (χ1v) is 8.23. The van der Waals surface area contributed by atoms with Crippen LogP contribution >= 0.6 is 0 Å². The van der Waals surface area contributed by atoms with E-state index >= 15 is 0 Å². The summed E-state index contributed by atoms with van der Waals surface area (Å²) in [5, 5.41) is 0. The van der Waals surface area contributed by atoms with Crippen molar-refractivity contribution in [1.82, 2.24) is 0 Å². The van der Waals surface area contributed by atoms with Gasteiger partial charge in [-0.1, -0.05) is 19.4 Å². The number of Topliss-reactive ketones (excluding diaryl/α,β-unsaturated/α-hetero) is 1. The minimum Gasteiger partial charge on any atom is -0.493 e. The van der Waals surface area contributed by atoms with Gasteiger partial charge in [-0.15, -0.1) is 0 Å². The maximum Gasteiger partial charge on any atom is 0.374 e. The lowest BCUT2D eigenvalue weighted by molar-refractivity contribution is -0.153. The van der Waals surface area contributed by atoms with Crippen molar-refractivity contribution in [3.05, 3.63) is 24.3 Å². The Morgan fingerprint density at radius 1 is 0.957 bits per heavy atom. The van der Waals surface area contributed by atoms with Crippen LogP contribution in [0.15, 0.2) is 24.3 Å². The van der Waals surface area contributed by atoms with Crippen LogP contribution in [0.5, 0.6) is 11.5 Å². The fraction of sp³-hybridized carbons (Fsp3) is 0.556.